The molecule has 0 aliphatic rings. The third kappa shape index (κ3) is 54.3. The zero-order valence-electron chi connectivity index (χ0n) is 45.4. The number of hydrogen-bond donors (Lipinski definition) is 0. The molecular weight excluding hydrogens is 841 g/mol. The van der Waals surface area contributed by atoms with E-state index >= 15 is 0 Å². The van der Waals surface area contributed by atoms with Gasteiger partial charge in [0.2, 0.25) is 0 Å². The topological polar surface area (TPSA) is 78.9 Å². The Morgan fingerprint density at radius 1 is 0.309 bits per heavy atom. The minimum absolute atomic E-state index is 0.0855. The molecule has 0 saturated heterocycles. The number of hydrogen-bond acceptors (Lipinski definition) is 6. The van der Waals surface area contributed by atoms with Crippen molar-refractivity contribution in [3.8, 4) is 0 Å². The molecule has 6 heteroatoms. The number of allylic oxidation sites excluding steroid dienone is 8. The van der Waals surface area contributed by atoms with E-state index in [1.807, 2.05) is 0 Å². The fourth-order valence-electron chi connectivity index (χ4n) is 8.67. The zero-order valence-corrected chi connectivity index (χ0v) is 45.4. The molecule has 0 aliphatic carbocycles. The van der Waals surface area contributed by atoms with Crippen LogP contribution in [0.4, 0.5) is 0 Å². The van der Waals surface area contributed by atoms with Crippen LogP contribution in [-0.2, 0) is 28.6 Å². The molecule has 0 fully saturated rings. The zero-order chi connectivity index (χ0) is 49.3. The summed E-state index contributed by atoms with van der Waals surface area (Å²) in [4.78, 5) is 38.1. The first-order valence-corrected chi connectivity index (χ1v) is 29.6. The maximum absolute atomic E-state index is 12.8. The molecule has 0 aromatic heterocycles. The Balaban J connectivity index is 4.28. The van der Waals surface area contributed by atoms with Crippen molar-refractivity contribution >= 4 is 17.9 Å². The van der Waals surface area contributed by atoms with Crippen molar-refractivity contribution in [1.29, 1.82) is 0 Å². The average molecular weight is 954 g/mol. The van der Waals surface area contributed by atoms with E-state index in [0.29, 0.717) is 19.3 Å². The Labute approximate surface area is 422 Å². The average Bonchev–Trinajstić information content (AvgIpc) is 3.34. The van der Waals surface area contributed by atoms with Crippen LogP contribution in [0.5, 0.6) is 0 Å². The summed E-state index contributed by atoms with van der Waals surface area (Å²) in [7, 11) is 0. The van der Waals surface area contributed by atoms with Gasteiger partial charge in [-0.3, -0.25) is 14.4 Å². The first kappa shape index (κ1) is 65.4. The normalized spacial score (nSPS) is 12.3. The van der Waals surface area contributed by atoms with Gasteiger partial charge in [-0.1, -0.05) is 281 Å². The molecule has 1 atom stereocenters. The Kier molecular flexibility index (Phi) is 54.8. The van der Waals surface area contributed by atoms with Crippen LogP contribution in [0.3, 0.4) is 0 Å². The van der Waals surface area contributed by atoms with Gasteiger partial charge in [-0.05, 0) is 57.8 Å². The minimum atomic E-state index is -0.791. The Morgan fingerprint density at radius 3 is 0.897 bits per heavy atom. The highest BCUT2D eigenvalue weighted by Crippen LogP contribution is 2.17. The second kappa shape index (κ2) is 57.0. The molecule has 0 aliphatic heterocycles. The van der Waals surface area contributed by atoms with Crippen molar-refractivity contribution in [3.05, 3.63) is 48.6 Å². The first-order chi connectivity index (χ1) is 33.5. The monoisotopic (exact) mass is 953 g/mol. The van der Waals surface area contributed by atoms with Gasteiger partial charge in [0.05, 0.1) is 0 Å². The summed E-state index contributed by atoms with van der Waals surface area (Å²) in [6, 6.07) is 0. The van der Waals surface area contributed by atoms with Gasteiger partial charge in [0.1, 0.15) is 13.2 Å². The third-order valence-electron chi connectivity index (χ3n) is 13.1. The molecule has 396 valence electrons. The molecular formula is C62H112O6. The maximum Gasteiger partial charge on any atom is 0.306 e. The van der Waals surface area contributed by atoms with Crippen molar-refractivity contribution in [3.63, 3.8) is 0 Å². The number of unbranched alkanes of at least 4 members (excludes halogenated alkanes) is 35. The Morgan fingerprint density at radius 2 is 0.574 bits per heavy atom. The molecule has 0 saturated carbocycles. The lowest BCUT2D eigenvalue weighted by Gasteiger charge is -2.18. The van der Waals surface area contributed by atoms with Crippen LogP contribution < -0.4 is 0 Å². The summed E-state index contributed by atoms with van der Waals surface area (Å²) >= 11 is 0. The molecule has 0 aromatic carbocycles. The van der Waals surface area contributed by atoms with Crippen LogP contribution in [0.15, 0.2) is 48.6 Å². The lowest BCUT2D eigenvalue weighted by Crippen LogP contribution is -2.30. The van der Waals surface area contributed by atoms with Gasteiger partial charge in [0, 0.05) is 19.3 Å². The predicted molar refractivity (Wildman–Crippen MR) is 293 cm³/mol. The van der Waals surface area contributed by atoms with Gasteiger partial charge in [-0.25, -0.2) is 0 Å². The summed E-state index contributed by atoms with van der Waals surface area (Å²) in [6.45, 7) is 6.53. The van der Waals surface area contributed by atoms with Crippen LogP contribution in [0.2, 0.25) is 0 Å². The molecule has 1 unspecified atom stereocenters. The van der Waals surface area contributed by atoms with Crippen LogP contribution >= 0.6 is 0 Å². The lowest BCUT2D eigenvalue weighted by molar-refractivity contribution is -0.167. The molecule has 0 bridgehead atoms. The third-order valence-corrected chi connectivity index (χ3v) is 13.1. The van der Waals surface area contributed by atoms with E-state index in [1.165, 1.54) is 186 Å². The van der Waals surface area contributed by atoms with Crippen molar-refractivity contribution < 1.29 is 28.6 Å². The van der Waals surface area contributed by atoms with E-state index in [9.17, 15) is 14.4 Å². The minimum Gasteiger partial charge on any atom is -0.462 e. The highest BCUT2D eigenvalue weighted by atomic mass is 16.6. The fourth-order valence-corrected chi connectivity index (χ4v) is 8.67. The van der Waals surface area contributed by atoms with E-state index in [0.717, 1.165) is 77.0 Å². The predicted octanol–water partition coefficient (Wildman–Crippen LogP) is 19.8. The second-order valence-corrected chi connectivity index (χ2v) is 19.9. The van der Waals surface area contributed by atoms with Gasteiger partial charge >= 0.3 is 17.9 Å². The Hall–Kier alpha value is -2.63. The molecule has 0 heterocycles. The maximum atomic E-state index is 12.8. The van der Waals surface area contributed by atoms with E-state index in [4.69, 9.17) is 14.2 Å². The van der Waals surface area contributed by atoms with Crippen LogP contribution in [0.1, 0.15) is 310 Å². The first-order valence-electron chi connectivity index (χ1n) is 29.6. The molecule has 6 nitrogen and oxygen atoms in total. The van der Waals surface area contributed by atoms with E-state index in [2.05, 4.69) is 69.4 Å². The van der Waals surface area contributed by atoms with Gasteiger partial charge < -0.3 is 14.2 Å². The summed E-state index contributed by atoms with van der Waals surface area (Å²) in [5.41, 5.74) is 0. The number of carbonyl (C=O) groups excluding carboxylic acids is 3. The lowest BCUT2D eigenvalue weighted by atomic mass is 10.0. The highest BCUT2D eigenvalue weighted by molar-refractivity contribution is 5.71. The van der Waals surface area contributed by atoms with Crippen LogP contribution in [-0.4, -0.2) is 37.2 Å². The number of carbonyl (C=O) groups is 3. The van der Waals surface area contributed by atoms with E-state index in [1.54, 1.807) is 0 Å². The number of ether oxygens (including phenoxy) is 3. The standard InChI is InChI=1S/C62H112O6/c1-4-7-10-13-16-19-22-25-27-28-29-30-31-32-33-34-36-37-40-43-46-49-52-55-61(64)67-58-59(57-66-60(63)54-51-48-45-42-39-24-21-18-15-12-9-6-3)68-62(65)56-53-50-47-44-41-38-35-26-23-20-17-14-11-8-5-2/h8,11,17,20,26,35,41,44,59H,4-7,9-10,12-16,18-19,21-25,27-34,36-40,42-43,45-58H2,1-3H3/b11-8-,20-17-,35-26-,44-41-. The summed E-state index contributed by atoms with van der Waals surface area (Å²) in [5, 5.41) is 0. The SMILES string of the molecule is CC/C=C\C/C=C\C/C=C\C/C=C\CCCCC(=O)OC(COC(=O)CCCCCCCCCCCCCC)COC(=O)CCCCCCCCCCCCCCCCCCCCCCCCC. The van der Waals surface area contributed by atoms with E-state index < -0.39 is 6.10 Å². The quantitative estimate of drug-likeness (QED) is 0.0262. The largest absolute Gasteiger partial charge is 0.462 e. The molecule has 0 spiro atoms. The highest BCUT2D eigenvalue weighted by Gasteiger charge is 2.19. The fraction of sp³-hybridized carbons (Fsp3) is 0.823. The molecule has 0 amide bonds. The molecule has 0 N–H and O–H groups in total. The van der Waals surface area contributed by atoms with Gasteiger partial charge in [-0.2, -0.15) is 0 Å². The molecule has 0 radical (unpaired) electrons. The van der Waals surface area contributed by atoms with Gasteiger partial charge in [-0.15, -0.1) is 0 Å². The van der Waals surface area contributed by atoms with Gasteiger partial charge in [0.25, 0.3) is 0 Å². The van der Waals surface area contributed by atoms with Crippen LogP contribution in [0.25, 0.3) is 0 Å². The Bertz CT molecular complexity index is 1190. The van der Waals surface area contributed by atoms with Gasteiger partial charge in [0.15, 0.2) is 6.10 Å². The smallest absolute Gasteiger partial charge is 0.306 e. The molecule has 0 aromatic rings. The number of esters is 3. The van der Waals surface area contributed by atoms with Crippen molar-refractivity contribution in [1.82, 2.24) is 0 Å². The van der Waals surface area contributed by atoms with Crippen molar-refractivity contribution in [2.45, 2.75) is 316 Å². The van der Waals surface area contributed by atoms with Crippen LogP contribution in [0, 0.1) is 0 Å². The summed E-state index contributed by atoms with van der Waals surface area (Å²) in [5.74, 6) is -0.911. The van der Waals surface area contributed by atoms with E-state index in [-0.39, 0.29) is 37.5 Å². The second-order valence-electron chi connectivity index (χ2n) is 19.9. The summed E-state index contributed by atoms with van der Waals surface area (Å²) < 4.78 is 16.8. The molecule has 0 rings (SSSR count). The van der Waals surface area contributed by atoms with Crippen molar-refractivity contribution in [2.24, 2.45) is 0 Å². The summed E-state index contributed by atoms with van der Waals surface area (Å²) in [6.07, 6.45) is 69.8. The van der Waals surface area contributed by atoms with Crippen molar-refractivity contribution in [2.75, 3.05) is 13.2 Å². The molecule has 68 heavy (non-hydrogen) atoms. The number of rotatable bonds is 54.